The van der Waals surface area contributed by atoms with E-state index in [2.05, 4.69) is 27.1 Å². The second-order valence-corrected chi connectivity index (χ2v) is 2.94. The van der Waals surface area contributed by atoms with Crippen LogP contribution >= 0.6 is 0 Å². The van der Waals surface area contributed by atoms with Crippen LogP contribution in [0.15, 0.2) is 6.33 Å². The molecule has 0 bridgehead atoms. The molecule has 17 heavy (non-hydrogen) atoms. The molecule has 1 aromatic rings. The fourth-order valence-electron chi connectivity index (χ4n) is 1.17. The summed E-state index contributed by atoms with van der Waals surface area (Å²) in [7, 11) is 1.32. The molecule has 1 rings (SSSR count). The molecule has 0 spiro atoms. The van der Waals surface area contributed by atoms with Crippen molar-refractivity contribution in [3.63, 3.8) is 0 Å². The second-order valence-electron chi connectivity index (χ2n) is 2.94. The van der Waals surface area contributed by atoms with Gasteiger partial charge in [0.25, 0.3) is 5.88 Å². The number of hydrogen-bond donors (Lipinski definition) is 1. The number of aromatic nitrogens is 2. The van der Waals surface area contributed by atoms with Crippen molar-refractivity contribution in [3.8, 4) is 17.7 Å². The SMILES string of the molecule is CC#CCCNc1ncnc(OC)c1[N+](=O)[O-]. The van der Waals surface area contributed by atoms with Crippen molar-refractivity contribution in [2.24, 2.45) is 0 Å². The molecule has 90 valence electrons. The molecule has 0 unspecified atom stereocenters. The zero-order chi connectivity index (χ0) is 12.7. The van der Waals surface area contributed by atoms with Crippen LogP contribution in [0.3, 0.4) is 0 Å². The van der Waals surface area contributed by atoms with Gasteiger partial charge in [0.1, 0.15) is 6.33 Å². The highest BCUT2D eigenvalue weighted by molar-refractivity contribution is 5.61. The van der Waals surface area contributed by atoms with E-state index < -0.39 is 4.92 Å². The van der Waals surface area contributed by atoms with E-state index >= 15 is 0 Å². The fourth-order valence-corrected chi connectivity index (χ4v) is 1.17. The first-order valence-corrected chi connectivity index (χ1v) is 4.87. The monoisotopic (exact) mass is 236 g/mol. The number of rotatable bonds is 5. The van der Waals surface area contributed by atoms with Gasteiger partial charge in [-0.15, -0.1) is 11.8 Å². The lowest BCUT2D eigenvalue weighted by molar-refractivity contribution is -0.385. The summed E-state index contributed by atoms with van der Waals surface area (Å²) in [5.41, 5.74) is -0.264. The van der Waals surface area contributed by atoms with Crippen molar-refractivity contribution < 1.29 is 9.66 Å². The normalized spacial score (nSPS) is 9.06. The van der Waals surface area contributed by atoms with Gasteiger partial charge in [0.15, 0.2) is 0 Å². The van der Waals surface area contributed by atoms with Gasteiger partial charge in [0.05, 0.1) is 12.0 Å². The number of ether oxygens (including phenoxy) is 1. The number of anilines is 1. The minimum absolute atomic E-state index is 0.0610. The molecule has 7 heteroatoms. The minimum atomic E-state index is -0.577. The molecule has 0 saturated heterocycles. The first-order valence-electron chi connectivity index (χ1n) is 4.87. The molecule has 0 fully saturated rings. The van der Waals surface area contributed by atoms with Crippen molar-refractivity contribution in [1.29, 1.82) is 0 Å². The summed E-state index contributed by atoms with van der Waals surface area (Å²) in [5, 5.41) is 13.7. The summed E-state index contributed by atoms with van der Waals surface area (Å²) in [6.07, 6.45) is 1.79. The molecule has 0 aliphatic carbocycles. The molecular formula is C10H12N4O3. The van der Waals surface area contributed by atoms with Crippen LogP contribution in [0.2, 0.25) is 0 Å². The Bertz CT molecular complexity index is 464. The van der Waals surface area contributed by atoms with Crippen molar-refractivity contribution in [3.05, 3.63) is 16.4 Å². The maximum absolute atomic E-state index is 10.9. The van der Waals surface area contributed by atoms with Gasteiger partial charge in [-0.1, -0.05) is 0 Å². The third-order valence-electron chi connectivity index (χ3n) is 1.88. The minimum Gasteiger partial charge on any atom is -0.476 e. The Balaban J connectivity index is 2.89. The van der Waals surface area contributed by atoms with Gasteiger partial charge in [0, 0.05) is 13.0 Å². The molecule has 1 heterocycles. The Morgan fingerprint density at radius 1 is 1.59 bits per heavy atom. The Hall–Kier alpha value is -2.36. The van der Waals surface area contributed by atoms with E-state index in [0.717, 1.165) is 0 Å². The second kappa shape index (κ2) is 6.27. The number of nitro groups is 1. The Labute approximate surface area is 98.4 Å². The van der Waals surface area contributed by atoms with Crippen LogP contribution in [-0.4, -0.2) is 28.5 Å². The van der Waals surface area contributed by atoms with Crippen LogP contribution in [0.1, 0.15) is 13.3 Å². The standard InChI is InChI=1S/C10H12N4O3/c1-3-4-5-6-11-9-8(14(15)16)10(17-2)13-7-12-9/h7H,5-6H2,1-2H3,(H,11,12,13). The molecule has 1 N–H and O–H groups in total. The zero-order valence-corrected chi connectivity index (χ0v) is 9.56. The summed E-state index contributed by atoms with van der Waals surface area (Å²) in [4.78, 5) is 17.8. The van der Waals surface area contributed by atoms with Crippen molar-refractivity contribution in [2.75, 3.05) is 19.0 Å². The van der Waals surface area contributed by atoms with E-state index in [1.165, 1.54) is 13.4 Å². The molecule has 7 nitrogen and oxygen atoms in total. The first kappa shape index (κ1) is 12.7. The van der Waals surface area contributed by atoms with E-state index in [1.54, 1.807) is 6.92 Å². The molecule has 0 radical (unpaired) electrons. The van der Waals surface area contributed by atoms with Crippen LogP contribution in [0.25, 0.3) is 0 Å². The summed E-state index contributed by atoms with van der Waals surface area (Å²) in [5.74, 6) is 5.65. The molecule has 1 aromatic heterocycles. The largest absolute Gasteiger partial charge is 0.476 e. The molecular weight excluding hydrogens is 224 g/mol. The summed E-state index contributed by atoms with van der Waals surface area (Å²) >= 11 is 0. The van der Waals surface area contributed by atoms with Crippen LogP contribution in [-0.2, 0) is 0 Å². The van der Waals surface area contributed by atoms with Crippen LogP contribution in [0, 0.1) is 22.0 Å². The van der Waals surface area contributed by atoms with Gasteiger partial charge in [0.2, 0.25) is 5.82 Å². The predicted molar refractivity (Wildman–Crippen MR) is 61.8 cm³/mol. The molecule has 0 aliphatic rings. The fraction of sp³-hybridized carbons (Fsp3) is 0.400. The molecule has 0 atom stereocenters. The topological polar surface area (TPSA) is 90.2 Å². The lowest BCUT2D eigenvalue weighted by Crippen LogP contribution is -2.07. The van der Waals surface area contributed by atoms with E-state index in [1.807, 2.05) is 0 Å². The average Bonchev–Trinajstić information content (AvgIpc) is 2.33. The van der Waals surface area contributed by atoms with Gasteiger partial charge in [-0.25, -0.2) is 4.98 Å². The number of nitrogens with zero attached hydrogens (tertiary/aromatic N) is 3. The van der Waals surface area contributed by atoms with Crippen LogP contribution in [0.4, 0.5) is 11.5 Å². The third kappa shape index (κ3) is 3.31. The van der Waals surface area contributed by atoms with Crippen LogP contribution in [0.5, 0.6) is 5.88 Å². The van der Waals surface area contributed by atoms with Gasteiger partial charge >= 0.3 is 5.69 Å². The number of methoxy groups -OCH3 is 1. The lowest BCUT2D eigenvalue weighted by atomic mass is 10.4. The van der Waals surface area contributed by atoms with Crippen molar-refractivity contribution in [2.45, 2.75) is 13.3 Å². The van der Waals surface area contributed by atoms with Crippen LogP contribution < -0.4 is 10.1 Å². The van der Waals surface area contributed by atoms with Gasteiger partial charge in [-0.2, -0.15) is 4.98 Å². The van der Waals surface area contributed by atoms with E-state index in [9.17, 15) is 10.1 Å². The van der Waals surface area contributed by atoms with Gasteiger partial charge in [-0.05, 0) is 6.92 Å². The average molecular weight is 236 g/mol. The summed E-state index contributed by atoms with van der Waals surface area (Å²) in [6, 6.07) is 0. The number of hydrogen-bond acceptors (Lipinski definition) is 6. The van der Waals surface area contributed by atoms with Crippen molar-refractivity contribution in [1.82, 2.24) is 9.97 Å². The van der Waals surface area contributed by atoms with Crippen molar-refractivity contribution >= 4 is 11.5 Å². The Kier molecular flexibility index (Phi) is 4.69. The summed E-state index contributed by atoms with van der Waals surface area (Å²) < 4.78 is 4.81. The van der Waals surface area contributed by atoms with Gasteiger partial charge < -0.3 is 10.1 Å². The molecule has 0 saturated carbocycles. The quantitative estimate of drug-likeness (QED) is 0.358. The molecule has 0 amide bonds. The third-order valence-corrected chi connectivity index (χ3v) is 1.88. The maximum atomic E-state index is 10.9. The first-order chi connectivity index (χ1) is 8.20. The highest BCUT2D eigenvalue weighted by atomic mass is 16.6. The number of nitrogens with one attached hydrogen (secondary N) is 1. The lowest BCUT2D eigenvalue weighted by Gasteiger charge is -2.05. The van der Waals surface area contributed by atoms with Gasteiger partial charge in [-0.3, -0.25) is 10.1 Å². The smallest absolute Gasteiger partial charge is 0.372 e. The van der Waals surface area contributed by atoms with E-state index in [4.69, 9.17) is 4.74 Å². The Morgan fingerprint density at radius 3 is 2.94 bits per heavy atom. The Morgan fingerprint density at radius 2 is 2.35 bits per heavy atom. The predicted octanol–water partition coefficient (Wildman–Crippen LogP) is 1.22. The zero-order valence-electron chi connectivity index (χ0n) is 9.56. The molecule has 0 aromatic carbocycles. The summed E-state index contributed by atoms with van der Waals surface area (Å²) in [6.45, 7) is 2.21. The maximum Gasteiger partial charge on any atom is 0.372 e. The highest BCUT2D eigenvalue weighted by Crippen LogP contribution is 2.29. The van der Waals surface area contributed by atoms with E-state index in [0.29, 0.717) is 13.0 Å². The van der Waals surface area contributed by atoms with E-state index in [-0.39, 0.29) is 17.4 Å². The molecule has 0 aliphatic heterocycles. The highest BCUT2D eigenvalue weighted by Gasteiger charge is 2.23.